The van der Waals surface area contributed by atoms with Crippen molar-refractivity contribution in [3.8, 4) is 11.1 Å². The fourth-order valence-electron chi connectivity index (χ4n) is 6.59. The molecule has 3 aromatic rings. The highest BCUT2D eigenvalue weighted by atomic mass is 16.5. The SMILES string of the molecule is Cc1nc(CN2CCc3cc(-c4c(C)nc(C)c(C(OC(C)(C)C)C(=O)O)c4N4CCC(C)(C)CC4)ccc3C2)c(C)o1. The zero-order chi connectivity index (χ0) is 31.3. The topological polar surface area (TPSA) is 91.9 Å². The largest absolute Gasteiger partial charge is 0.479 e. The first-order chi connectivity index (χ1) is 20.1. The van der Waals surface area contributed by atoms with Crippen molar-refractivity contribution in [1.29, 1.82) is 0 Å². The summed E-state index contributed by atoms with van der Waals surface area (Å²) >= 11 is 0. The lowest BCUT2D eigenvalue weighted by atomic mass is 9.81. The second kappa shape index (κ2) is 11.7. The van der Waals surface area contributed by atoms with Gasteiger partial charge >= 0.3 is 5.97 Å². The van der Waals surface area contributed by atoms with Crippen LogP contribution in [0.5, 0.6) is 0 Å². The molecule has 0 saturated carbocycles. The molecule has 8 nitrogen and oxygen atoms in total. The Balaban J connectivity index is 1.57. The average Bonchev–Trinajstić information content (AvgIpc) is 3.22. The molecule has 0 spiro atoms. The molecule has 4 heterocycles. The molecule has 1 N–H and O–H groups in total. The number of carboxylic acids is 1. The van der Waals surface area contributed by atoms with Crippen molar-refractivity contribution < 1.29 is 19.1 Å². The molecule has 5 rings (SSSR count). The Morgan fingerprint density at radius 1 is 1.05 bits per heavy atom. The van der Waals surface area contributed by atoms with E-state index in [2.05, 4.69) is 46.8 Å². The van der Waals surface area contributed by atoms with Crippen LogP contribution in [0, 0.1) is 33.1 Å². The van der Waals surface area contributed by atoms with Crippen molar-refractivity contribution in [1.82, 2.24) is 14.9 Å². The highest BCUT2D eigenvalue weighted by molar-refractivity contribution is 5.88. The van der Waals surface area contributed by atoms with E-state index in [1.807, 2.05) is 48.5 Å². The van der Waals surface area contributed by atoms with E-state index in [1.54, 1.807) is 0 Å². The maximum absolute atomic E-state index is 12.8. The molecule has 0 amide bonds. The molecule has 43 heavy (non-hydrogen) atoms. The molecule has 1 aromatic carbocycles. The summed E-state index contributed by atoms with van der Waals surface area (Å²) < 4.78 is 11.9. The Labute approximate surface area is 256 Å². The highest BCUT2D eigenvalue weighted by Crippen LogP contribution is 2.45. The Morgan fingerprint density at radius 3 is 2.35 bits per heavy atom. The molecular weight excluding hydrogens is 540 g/mol. The fraction of sp³-hybridized carbons (Fsp3) is 0.571. The summed E-state index contributed by atoms with van der Waals surface area (Å²) in [6, 6.07) is 6.73. The van der Waals surface area contributed by atoms with E-state index >= 15 is 0 Å². The number of hydrogen-bond acceptors (Lipinski definition) is 7. The molecule has 0 radical (unpaired) electrons. The summed E-state index contributed by atoms with van der Waals surface area (Å²) in [4.78, 5) is 27.1. The minimum absolute atomic E-state index is 0.253. The predicted molar refractivity (Wildman–Crippen MR) is 169 cm³/mol. The van der Waals surface area contributed by atoms with E-state index in [0.29, 0.717) is 17.1 Å². The molecule has 0 aliphatic carbocycles. The van der Waals surface area contributed by atoms with Gasteiger partial charge in [-0.3, -0.25) is 9.88 Å². The lowest BCUT2D eigenvalue weighted by Gasteiger charge is -2.41. The Bertz CT molecular complexity index is 1510. The van der Waals surface area contributed by atoms with Crippen LogP contribution in [0.4, 0.5) is 5.69 Å². The van der Waals surface area contributed by atoms with E-state index in [0.717, 1.165) is 85.9 Å². The van der Waals surface area contributed by atoms with Crippen molar-refractivity contribution in [3.05, 3.63) is 63.6 Å². The molecular formula is C35H48N4O4. The number of piperidine rings is 1. The van der Waals surface area contributed by atoms with Gasteiger partial charge < -0.3 is 19.2 Å². The number of nitrogens with zero attached hydrogens (tertiary/aromatic N) is 4. The van der Waals surface area contributed by atoms with Gasteiger partial charge in [0.1, 0.15) is 5.76 Å². The van der Waals surface area contributed by atoms with Crippen LogP contribution in [-0.2, 0) is 29.0 Å². The number of aromatic nitrogens is 2. The molecule has 1 unspecified atom stereocenters. The Morgan fingerprint density at radius 2 is 1.74 bits per heavy atom. The van der Waals surface area contributed by atoms with Crippen molar-refractivity contribution in [2.75, 3.05) is 24.5 Å². The van der Waals surface area contributed by atoms with Crippen LogP contribution in [0.3, 0.4) is 0 Å². The zero-order valence-corrected chi connectivity index (χ0v) is 27.4. The van der Waals surface area contributed by atoms with Gasteiger partial charge in [0.25, 0.3) is 0 Å². The maximum atomic E-state index is 12.8. The average molecular weight is 589 g/mol. The van der Waals surface area contributed by atoms with E-state index in [4.69, 9.17) is 14.1 Å². The van der Waals surface area contributed by atoms with Crippen LogP contribution in [0.2, 0.25) is 0 Å². The number of carboxylic acid groups (broad SMARTS) is 1. The number of carbonyl (C=O) groups is 1. The summed E-state index contributed by atoms with van der Waals surface area (Å²) in [5, 5.41) is 10.5. The number of hydrogen-bond donors (Lipinski definition) is 1. The van der Waals surface area contributed by atoms with Crippen LogP contribution in [0.1, 0.15) is 99.0 Å². The van der Waals surface area contributed by atoms with Gasteiger partial charge in [-0.25, -0.2) is 9.78 Å². The normalized spacial score (nSPS) is 18.0. The van der Waals surface area contributed by atoms with Gasteiger partial charge in [-0.05, 0) is 82.9 Å². The van der Waals surface area contributed by atoms with Crippen molar-refractivity contribution in [2.45, 2.75) is 106 Å². The first-order valence-electron chi connectivity index (χ1n) is 15.6. The molecule has 232 valence electrons. The van der Waals surface area contributed by atoms with Crippen molar-refractivity contribution >= 4 is 11.7 Å². The third-order valence-corrected chi connectivity index (χ3v) is 8.93. The second-order valence-electron chi connectivity index (χ2n) is 14.2. The second-order valence-corrected chi connectivity index (χ2v) is 14.2. The summed E-state index contributed by atoms with van der Waals surface area (Å²) in [5.41, 5.74) is 8.62. The molecule has 0 bridgehead atoms. The molecule has 1 atom stereocenters. The van der Waals surface area contributed by atoms with Crippen LogP contribution in [0.15, 0.2) is 22.6 Å². The third-order valence-electron chi connectivity index (χ3n) is 8.93. The van der Waals surface area contributed by atoms with Gasteiger partial charge in [0.05, 0.1) is 17.0 Å². The van der Waals surface area contributed by atoms with Crippen molar-refractivity contribution in [2.24, 2.45) is 5.41 Å². The third kappa shape index (κ3) is 6.80. The minimum Gasteiger partial charge on any atom is -0.479 e. The summed E-state index contributed by atoms with van der Waals surface area (Å²) in [6.45, 7) is 22.5. The van der Waals surface area contributed by atoms with E-state index in [1.165, 1.54) is 11.1 Å². The van der Waals surface area contributed by atoms with Gasteiger partial charge in [-0.1, -0.05) is 32.0 Å². The lowest BCUT2D eigenvalue weighted by Crippen LogP contribution is -2.39. The monoisotopic (exact) mass is 588 g/mol. The maximum Gasteiger partial charge on any atom is 0.337 e. The number of fused-ring (bicyclic) bond motifs is 1. The Hall–Kier alpha value is -3.23. The van der Waals surface area contributed by atoms with Gasteiger partial charge in [0, 0.05) is 62.2 Å². The van der Waals surface area contributed by atoms with Gasteiger partial charge in [0.15, 0.2) is 12.0 Å². The molecule has 2 aliphatic rings. The minimum atomic E-state index is -1.12. The van der Waals surface area contributed by atoms with Gasteiger partial charge in [-0.15, -0.1) is 0 Å². The van der Waals surface area contributed by atoms with E-state index < -0.39 is 17.7 Å². The standard InChI is InChI=1S/C35H48N4O4/c1-21-29(26-10-11-27-19-38(15-12-25(27)18-26)20-28-23(3)42-24(4)37-28)31(39-16-13-35(8,9)14-17-39)30(22(2)36-21)32(33(40)41)43-34(5,6)7/h10-11,18,32H,12-17,19-20H2,1-9H3,(H,40,41). The summed E-state index contributed by atoms with van der Waals surface area (Å²) in [6.07, 6.45) is 1.89. The number of rotatable bonds is 7. The predicted octanol–water partition coefficient (Wildman–Crippen LogP) is 7.10. The first-order valence-corrected chi connectivity index (χ1v) is 15.6. The number of aliphatic carboxylic acids is 1. The van der Waals surface area contributed by atoms with Crippen molar-refractivity contribution in [3.63, 3.8) is 0 Å². The highest BCUT2D eigenvalue weighted by Gasteiger charge is 2.36. The summed E-state index contributed by atoms with van der Waals surface area (Å²) in [5.74, 6) is 0.610. The smallest absolute Gasteiger partial charge is 0.337 e. The number of ether oxygens (including phenoxy) is 1. The molecule has 2 aromatic heterocycles. The van der Waals surface area contributed by atoms with Crippen LogP contribution >= 0.6 is 0 Å². The number of oxazole rings is 1. The summed E-state index contributed by atoms with van der Waals surface area (Å²) in [7, 11) is 0. The van der Waals surface area contributed by atoms with E-state index in [9.17, 15) is 9.90 Å². The Kier molecular flexibility index (Phi) is 8.49. The number of benzene rings is 1. The quantitative estimate of drug-likeness (QED) is 0.313. The molecule has 8 heteroatoms. The first kappa shape index (κ1) is 31.2. The van der Waals surface area contributed by atoms with Crippen LogP contribution in [0.25, 0.3) is 11.1 Å². The van der Waals surface area contributed by atoms with Crippen LogP contribution < -0.4 is 4.90 Å². The van der Waals surface area contributed by atoms with E-state index in [-0.39, 0.29) is 5.41 Å². The zero-order valence-electron chi connectivity index (χ0n) is 27.4. The molecule has 1 saturated heterocycles. The van der Waals surface area contributed by atoms with Crippen LogP contribution in [-0.4, -0.2) is 51.2 Å². The number of aryl methyl sites for hydroxylation is 4. The lowest BCUT2D eigenvalue weighted by molar-refractivity contribution is -0.160. The number of pyridine rings is 1. The number of anilines is 1. The molecule has 1 fully saturated rings. The molecule has 2 aliphatic heterocycles. The van der Waals surface area contributed by atoms with Gasteiger partial charge in [0.2, 0.25) is 0 Å². The fourth-order valence-corrected chi connectivity index (χ4v) is 6.59. The van der Waals surface area contributed by atoms with Gasteiger partial charge in [-0.2, -0.15) is 0 Å².